The lowest BCUT2D eigenvalue weighted by atomic mass is 10.7. The first-order chi connectivity index (χ1) is 4.43. The van der Waals surface area contributed by atoms with Crippen LogP contribution >= 0.6 is 11.3 Å². The average molecular weight is 143 g/mol. The van der Waals surface area contributed by atoms with E-state index in [1.165, 1.54) is 0 Å². The fourth-order valence-corrected chi connectivity index (χ4v) is 0.851. The number of thiazole rings is 1. The highest BCUT2D eigenvalue weighted by molar-refractivity contribution is 7.09. The van der Waals surface area contributed by atoms with Gasteiger partial charge in [-0.15, -0.1) is 11.3 Å². The molecule has 0 aliphatic rings. The highest BCUT2D eigenvalue weighted by Crippen LogP contribution is 2.00. The zero-order valence-electron chi connectivity index (χ0n) is 5.00. The summed E-state index contributed by atoms with van der Waals surface area (Å²) in [5, 5.41) is 8.42. The Morgan fingerprint density at radius 2 is 2.44 bits per heavy atom. The van der Waals surface area contributed by atoms with Gasteiger partial charge in [-0.2, -0.15) is 0 Å². The summed E-state index contributed by atoms with van der Waals surface area (Å²) in [6, 6.07) is 0. The van der Waals surface area contributed by atoms with Crippen molar-refractivity contribution in [3.63, 3.8) is 0 Å². The minimum Gasteiger partial charge on any atom is -0.325 e. The maximum absolute atomic E-state index is 5.50. The summed E-state index contributed by atoms with van der Waals surface area (Å²) in [5.74, 6) is 0. The molecule has 4 heteroatoms. The zero-order valence-corrected chi connectivity index (χ0v) is 5.82. The van der Waals surface area contributed by atoms with Gasteiger partial charge in [-0.3, -0.25) is 0 Å². The number of nitrogens with one attached hydrogen (secondary N) is 1. The van der Waals surface area contributed by atoms with Crippen LogP contribution in [0.2, 0.25) is 0 Å². The van der Waals surface area contributed by atoms with Crippen LogP contribution in [0.1, 0.15) is 5.01 Å². The Morgan fingerprint density at radius 3 is 2.67 bits per heavy atom. The molecule has 50 valence electrons. The molecule has 0 aliphatic heterocycles. The number of aromatic nitrogens is 1. The second-order valence-electron chi connectivity index (χ2n) is 1.13. The Hall–Kier alpha value is -0.740. The van der Waals surface area contributed by atoms with Crippen molar-refractivity contribution < 1.29 is 0 Å². The number of rotatable bonds is 1. The predicted octanol–water partition coefficient (Wildman–Crippen LogP) is 0.868. The van der Waals surface area contributed by atoms with Crippen LogP contribution in [0, 0.1) is 5.41 Å². The fourth-order valence-electron chi connectivity index (χ4n) is 0.354. The maximum Gasteiger partial charge on any atom is 0.106 e. The van der Waals surface area contributed by atoms with Crippen LogP contribution < -0.4 is 5.73 Å². The van der Waals surface area contributed by atoms with Gasteiger partial charge in [0.15, 0.2) is 0 Å². The Balaban J connectivity index is 0.000000291. The molecule has 1 aromatic heterocycles. The summed E-state index contributed by atoms with van der Waals surface area (Å²) in [4.78, 5) is 3.93. The lowest BCUT2D eigenvalue weighted by molar-refractivity contribution is 1.04. The SMILES string of the molecule is C=N.NCc1nccs1. The molecule has 0 aromatic carbocycles. The normalized spacial score (nSPS) is 7.67. The van der Waals surface area contributed by atoms with Gasteiger partial charge in [-0.1, -0.05) is 0 Å². The van der Waals surface area contributed by atoms with Crippen LogP contribution in [0.25, 0.3) is 0 Å². The fraction of sp³-hybridized carbons (Fsp3) is 0.200. The molecule has 0 aliphatic carbocycles. The molecule has 0 fully saturated rings. The molecular weight excluding hydrogens is 134 g/mol. The predicted molar refractivity (Wildman–Crippen MR) is 39.8 cm³/mol. The lowest BCUT2D eigenvalue weighted by Crippen LogP contribution is -1.93. The van der Waals surface area contributed by atoms with Crippen LogP contribution in [0.15, 0.2) is 11.6 Å². The van der Waals surface area contributed by atoms with Crippen LogP contribution in [0.4, 0.5) is 0 Å². The van der Waals surface area contributed by atoms with Gasteiger partial charge >= 0.3 is 0 Å². The van der Waals surface area contributed by atoms with Gasteiger partial charge in [0.05, 0.1) is 0 Å². The van der Waals surface area contributed by atoms with Gasteiger partial charge in [0.1, 0.15) is 5.01 Å². The van der Waals surface area contributed by atoms with E-state index in [2.05, 4.69) is 11.7 Å². The summed E-state index contributed by atoms with van der Waals surface area (Å²) in [5.41, 5.74) is 5.24. The van der Waals surface area contributed by atoms with E-state index in [9.17, 15) is 0 Å². The van der Waals surface area contributed by atoms with E-state index in [1.807, 2.05) is 5.38 Å². The van der Waals surface area contributed by atoms with Gasteiger partial charge in [-0.05, 0) is 6.72 Å². The van der Waals surface area contributed by atoms with Crippen molar-refractivity contribution in [1.29, 1.82) is 5.41 Å². The van der Waals surface area contributed by atoms with E-state index in [0.717, 1.165) is 5.01 Å². The van der Waals surface area contributed by atoms with Gasteiger partial charge in [0.2, 0.25) is 0 Å². The van der Waals surface area contributed by atoms with Crippen molar-refractivity contribution in [2.24, 2.45) is 5.73 Å². The Kier molecular flexibility index (Phi) is 4.95. The minimum absolute atomic E-state index is 0.567. The molecule has 1 aromatic rings. The molecule has 0 amide bonds. The van der Waals surface area contributed by atoms with Crippen molar-refractivity contribution in [3.8, 4) is 0 Å². The second-order valence-corrected chi connectivity index (χ2v) is 2.11. The van der Waals surface area contributed by atoms with Crippen LogP contribution in [-0.2, 0) is 6.54 Å². The smallest absolute Gasteiger partial charge is 0.106 e. The van der Waals surface area contributed by atoms with Gasteiger partial charge in [0, 0.05) is 18.1 Å². The summed E-state index contributed by atoms with van der Waals surface area (Å²) < 4.78 is 0. The standard InChI is InChI=1S/C4H6N2S.CH3N/c5-3-4-6-1-2-7-4;1-2/h1-2H,3,5H2;2H,1H2. The molecule has 0 atom stereocenters. The molecule has 1 rings (SSSR count). The summed E-state index contributed by atoms with van der Waals surface area (Å²) in [6.45, 7) is 3.07. The van der Waals surface area contributed by atoms with Gasteiger partial charge in [0.25, 0.3) is 0 Å². The summed E-state index contributed by atoms with van der Waals surface area (Å²) in [6.07, 6.45) is 1.76. The van der Waals surface area contributed by atoms with Crippen molar-refractivity contribution in [2.75, 3.05) is 0 Å². The highest BCUT2D eigenvalue weighted by Gasteiger charge is 1.84. The van der Waals surface area contributed by atoms with E-state index in [4.69, 9.17) is 11.1 Å². The van der Waals surface area contributed by atoms with E-state index >= 15 is 0 Å². The lowest BCUT2D eigenvalue weighted by Gasteiger charge is -1.78. The van der Waals surface area contributed by atoms with E-state index in [-0.39, 0.29) is 0 Å². The molecule has 0 bridgehead atoms. The van der Waals surface area contributed by atoms with Crippen molar-refractivity contribution in [2.45, 2.75) is 6.54 Å². The van der Waals surface area contributed by atoms with Crippen molar-refractivity contribution in [3.05, 3.63) is 16.6 Å². The molecule has 0 unspecified atom stereocenters. The molecule has 0 spiro atoms. The number of nitrogens with zero attached hydrogens (tertiary/aromatic N) is 1. The van der Waals surface area contributed by atoms with Gasteiger partial charge < -0.3 is 11.1 Å². The first-order valence-corrected chi connectivity index (χ1v) is 3.25. The number of hydrogen-bond donors (Lipinski definition) is 2. The largest absolute Gasteiger partial charge is 0.325 e. The van der Waals surface area contributed by atoms with Crippen LogP contribution in [-0.4, -0.2) is 11.7 Å². The van der Waals surface area contributed by atoms with E-state index in [1.54, 1.807) is 17.5 Å². The van der Waals surface area contributed by atoms with Crippen molar-refractivity contribution >= 4 is 18.1 Å². The third-order valence-corrected chi connectivity index (χ3v) is 1.46. The molecule has 9 heavy (non-hydrogen) atoms. The molecule has 0 saturated heterocycles. The molecular formula is C5H9N3S. The van der Waals surface area contributed by atoms with Crippen molar-refractivity contribution in [1.82, 2.24) is 4.98 Å². The second kappa shape index (κ2) is 5.40. The summed E-state index contributed by atoms with van der Waals surface area (Å²) in [7, 11) is 0. The first-order valence-electron chi connectivity index (χ1n) is 2.37. The maximum atomic E-state index is 5.50. The van der Waals surface area contributed by atoms with Crippen LogP contribution in [0.3, 0.4) is 0 Å². The van der Waals surface area contributed by atoms with E-state index in [0.29, 0.717) is 6.54 Å². The first kappa shape index (κ1) is 8.26. The zero-order chi connectivity index (χ0) is 7.11. The third kappa shape index (κ3) is 2.94. The van der Waals surface area contributed by atoms with Gasteiger partial charge in [-0.25, -0.2) is 4.98 Å². The minimum atomic E-state index is 0.567. The topological polar surface area (TPSA) is 62.8 Å². The molecule has 3 N–H and O–H groups in total. The Morgan fingerprint density at radius 1 is 1.78 bits per heavy atom. The van der Waals surface area contributed by atoms with Crippen LogP contribution in [0.5, 0.6) is 0 Å². The Labute approximate surface area is 58.1 Å². The number of hydrogen-bond acceptors (Lipinski definition) is 4. The average Bonchev–Trinajstić information content (AvgIpc) is 2.43. The van der Waals surface area contributed by atoms with E-state index < -0.39 is 0 Å². The molecule has 0 radical (unpaired) electrons. The highest BCUT2D eigenvalue weighted by atomic mass is 32.1. The molecule has 1 heterocycles. The monoisotopic (exact) mass is 143 g/mol. The quantitative estimate of drug-likeness (QED) is 0.573. The third-order valence-electron chi connectivity index (χ3n) is 0.658. The Bertz CT molecular complexity index is 138. The number of nitrogens with two attached hydrogens (primary N) is 1. The molecule has 3 nitrogen and oxygen atoms in total. The molecule has 0 saturated carbocycles. The summed E-state index contributed by atoms with van der Waals surface area (Å²) >= 11 is 1.59.